The lowest BCUT2D eigenvalue weighted by atomic mass is 10.1. The average molecular weight is 257 g/mol. The Bertz CT molecular complexity index is 451. The monoisotopic (exact) mass is 257 g/mol. The molecule has 17 heavy (non-hydrogen) atoms. The Morgan fingerprint density at radius 1 is 1.24 bits per heavy atom. The lowest BCUT2D eigenvalue weighted by Crippen LogP contribution is -2.15. The summed E-state index contributed by atoms with van der Waals surface area (Å²) in [6.45, 7) is 0.787. The van der Waals surface area contributed by atoms with Crippen molar-refractivity contribution in [2.24, 2.45) is 0 Å². The highest BCUT2D eigenvalue weighted by atomic mass is 32.2. The van der Waals surface area contributed by atoms with Gasteiger partial charge in [-0.15, -0.1) is 0 Å². The molecule has 0 amide bonds. The lowest BCUT2D eigenvalue weighted by Gasteiger charge is -2.14. The molecule has 0 bridgehead atoms. The molecule has 0 aromatic heterocycles. The molecule has 0 saturated carbocycles. The largest absolute Gasteiger partial charge is 0.388 e. The normalized spacial score (nSPS) is 13.9. The standard InChI is InChI=1S/C12H19NO3S/c1-13(2)9-8-12(14)10-4-6-11(7-5-10)17(3,15)16/h4-7,12,14H,8-9H2,1-3H3. The van der Waals surface area contributed by atoms with Gasteiger partial charge in [-0.2, -0.15) is 0 Å². The number of nitrogens with zero attached hydrogens (tertiary/aromatic N) is 1. The van der Waals surface area contributed by atoms with Gasteiger partial charge in [-0.25, -0.2) is 8.42 Å². The van der Waals surface area contributed by atoms with Crippen LogP contribution in [0.4, 0.5) is 0 Å². The quantitative estimate of drug-likeness (QED) is 0.857. The second-order valence-corrected chi connectivity index (χ2v) is 6.46. The van der Waals surface area contributed by atoms with Gasteiger partial charge in [0.25, 0.3) is 0 Å². The van der Waals surface area contributed by atoms with Gasteiger partial charge < -0.3 is 10.0 Å². The second kappa shape index (κ2) is 5.62. The summed E-state index contributed by atoms with van der Waals surface area (Å²) in [5, 5.41) is 9.89. The zero-order valence-corrected chi connectivity index (χ0v) is 11.2. The first-order chi connectivity index (χ1) is 7.80. The minimum absolute atomic E-state index is 0.279. The maximum atomic E-state index is 11.3. The molecular weight excluding hydrogens is 238 g/mol. The maximum absolute atomic E-state index is 11.3. The fourth-order valence-corrected chi connectivity index (χ4v) is 2.11. The third-order valence-corrected chi connectivity index (χ3v) is 3.67. The number of aliphatic hydroxyl groups is 1. The van der Waals surface area contributed by atoms with Crippen molar-refractivity contribution in [3.8, 4) is 0 Å². The summed E-state index contributed by atoms with van der Waals surface area (Å²) in [5.41, 5.74) is 0.749. The minimum Gasteiger partial charge on any atom is -0.388 e. The van der Waals surface area contributed by atoms with Crippen molar-refractivity contribution < 1.29 is 13.5 Å². The van der Waals surface area contributed by atoms with E-state index in [1.807, 2.05) is 19.0 Å². The first kappa shape index (κ1) is 14.2. The van der Waals surface area contributed by atoms with E-state index in [2.05, 4.69) is 0 Å². The maximum Gasteiger partial charge on any atom is 0.175 e. The zero-order chi connectivity index (χ0) is 13.1. The Hall–Kier alpha value is -0.910. The molecule has 0 radical (unpaired) electrons. The summed E-state index contributed by atoms with van der Waals surface area (Å²) in [5.74, 6) is 0. The van der Waals surface area contributed by atoms with Crippen molar-refractivity contribution in [3.63, 3.8) is 0 Å². The van der Waals surface area contributed by atoms with Crippen molar-refractivity contribution in [1.82, 2.24) is 4.90 Å². The van der Waals surface area contributed by atoms with E-state index < -0.39 is 15.9 Å². The van der Waals surface area contributed by atoms with Crippen LogP contribution in [0.3, 0.4) is 0 Å². The molecule has 1 aromatic carbocycles. The highest BCUT2D eigenvalue weighted by Gasteiger charge is 2.10. The Morgan fingerprint density at radius 2 is 1.76 bits per heavy atom. The van der Waals surface area contributed by atoms with Gasteiger partial charge in [-0.05, 0) is 38.2 Å². The van der Waals surface area contributed by atoms with E-state index in [-0.39, 0.29) is 4.90 Å². The summed E-state index contributed by atoms with van der Waals surface area (Å²) < 4.78 is 22.5. The van der Waals surface area contributed by atoms with Gasteiger partial charge in [0.1, 0.15) is 0 Å². The lowest BCUT2D eigenvalue weighted by molar-refractivity contribution is 0.154. The first-order valence-corrected chi connectivity index (χ1v) is 7.32. The molecule has 0 fully saturated rings. The van der Waals surface area contributed by atoms with E-state index in [9.17, 15) is 13.5 Å². The fourth-order valence-electron chi connectivity index (χ4n) is 1.48. The Labute approximate surface area is 103 Å². The summed E-state index contributed by atoms with van der Waals surface area (Å²) in [6, 6.07) is 6.39. The molecule has 1 N–H and O–H groups in total. The molecule has 0 spiro atoms. The number of aliphatic hydroxyl groups excluding tert-OH is 1. The number of sulfone groups is 1. The highest BCUT2D eigenvalue weighted by Crippen LogP contribution is 2.19. The van der Waals surface area contributed by atoms with Crippen molar-refractivity contribution in [2.75, 3.05) is 26.9 Å². The molecule has 96 valence electrons. The van der Waals surface area contributed by atoms with Crippen LogP contribution >= 0.6 is 0 Å². The number of rotatable bonds is 5. The van der Waals surface area contributed by atoms with Crippen molar-refractivity contribution >= 4 is 9.84 Å². The molecule has 1 unspecified atom stereocenters. The van der Waals surface area contributed by atoms with Gasteiger partial charge >= 0.3 is 0 Å². The highest BCUT2D eigenvalue weighted by molar-refractivity contribution is 7.90. The Morgan fingerprint density at radius 3 is 2.18 bits per heavy atom. The predicted molar refractivity (Wildman–Crippen MR) is 67.7 cm³/mol. The van der Waals surface area contributed by atoms with Gasteiger partial charge in [0.2, 0.25) is 0 Å². The molecule has 1 atom stereocenters. The van der Waals surface area contributed by atoms with E-state index in [4.69, 9.17) is 0 Å². The molecule has 0 aliphatic carbocycles. The Balaban J connectivity index is 2.74. The summed E-state index contributed by atoms with van der Waals surface area (Å²) in [6.07, 6.45) is 1.25. The molecule has 4 nitrogen and oxygen atoms in total. The summed E-state index contributed by atoms with van der Waals surface area (Å²) >= 11 is 0. The topological polar surface area (TPSA) is 57.6 Å². The van der Waals surface area contributed by atoms with Crippen LogP contribution < -0.4 is 0 Å². The van der Waals surface area contributed by atoms with Gasteiger partial charge in [0.05, 0.1) is 11.0 Å². The van der Waals surface area contributed by atoms with Gasteiger partial charge in [-0.1, -0.05) is 12.1 Å². The van der Waals surface area contributed by atoms with Gasteiger partial charge in [-0.3, -0.25) is 0 Å². The Kier molecular flexibility index (Phi) is 4.68. The van der Waals surface area contributed by atoms with E-state index >= 15 is 0 Å². The van der Waals surface area contributed by atoms with Gasteiger partial charge in [0, 0.05) is 12.8 Å². The third-order valence-electron chi connectivity index (χ3n) is 2.54. The molecule has 0 aliphatic heterocycles. The third kappa shape index (κ3) is 4.46. The van der Waals surface area contributed by atoms with Crippen LogP contribution in [-0.2, 0) is 9.84 Å². The van der Waals surface area contributed by atoms with Gasteiger partial charge in [0.15, 0.2) is 9.84 Å². The van der Waals surface area contributed by atoms with E-state index in [0.717, 1.165) is 12.1 Å². The van der Waals surface area contributed by atoms with Crippen LogP contribution in [0.25, 0.3) is 0 Å². The predicted octanol–water partition coefficient (Wildman–Crippen LogP) is 1.08. The zero-order valence-electron chi connectivity index (χ0n) is 10.4. The first-order valence-electron chi connectivity index (χ1n) is 5.43. The summed E-state index contributed by atoms with van der Waals surface area (Å²) in [4.78, 5) is 2.27. The molecule has 0 heterocycles. The van der Waals surface area contributed by atoms with Crippen molar-refractivity contribution in [3.05, 3.63) is 29.8 Å². The van der Waals surface area contributed by atoms with E-state index in [1.165, 1.54) is 18.4 Å². The van der Waals surface area contributed by atoms with E-state index in [1.54, 1.807) is 12.1 Å². The molecule has 0 aliphatic rings. The van der Waals surface area contributed by atoms with Crippen LogP contribution in [-0.4, -0.2) is 45.3 Å². The fraction of sp³-hybridized carbons (Fsp3) is 0.500. The minimum atomic E-state index is -3.16. The molecule has 1 aromatic rings. The average Bonchev–Trinajstić information content (AvgIpc) is 2.25. The van der Waals surface area contributed by atoms with E-state index in [0.29, 0.717) is 6.42 Å². The van der Waals surface area contributed by atoms with Crippen molar-refractivity contribution in [1.29, 1.82) is 0 Å². The number of benzene rings is 1. The van der Waals surface area contributed by atoms with Crippen LogP contribution in [0.1, 0.15) is 18.1 Å². The SMILES string of the molecule is CN(C)CCC(O)c1ccc(S(C)(=O)=O)cc1. The number of hydrogen-bond acceptors (Lipinski definition) is 4. The van der Waals surface area contributed by atoms with Crippen LogP contribution in [0.15, 0.2) is 29.2 Å². The summed E-state index contributed by atoms with van der Waals surface area (Å²) in [7, 11) is 0.727. The van der Waals surface area contributed by atoms with Crippen LogP contribution in [0.5, 0.6) is 0 Å². The van der Waals surface area contributed by atoms with Crippen LogP contribution in [0.2, 0.25) is 0 Å². The smallest absolute Gasteiger partial charge is 0.175 e. The second-order valence-electron chi connectivity index (χ2n) is 4.45. The van der Waals surface area contributed by atoms with Crippen LogP contribution in [0, 0.1) is 0 Å². The molecule has 0 saturated heterocycles. The molecule has 1 rings (SSSR count). The molecular formula is C12H19NO3S. The molecule has 5 heteroatoms. The van der Waals surface area contributed by atoms with Crippen molar-refractivity contribution in [2.45, 2.75) is 17.4 Å². The number of hydrogen-bond donors (Lipinski definition) is 1.